The van der Waals surface area contributed by atoms with Crippen molar-refractivity contribution in [2.75, 3.05) is 0 Å². The van der Waals surface area contributed by atoms with Gasteiger partial charge < -0.3 is 5.11 Å². The monoisotopic (exact) mass is 227 g/mol. The van der Waals surface area contributed by atoms with Crippen LogP contribution < -0.4 is 0 Å². The number of hydrogen-bond acceptors (Lipinski definition) is 2. The lowest BCUT2D eigenvalue weighted by Crippen LogP contribution is -2.02. The maximum atomic E-state index is 10.1. The van der Waals surface area contributed by atoms with Crippen LogP contribution in [-0.2, 0) is 6.42 Å². The van der Waals surface area contributed by atoms with Crippen LogP contribution in [0.15, 0.2) is 42.7 Å². The van der Waals surface area contributed by atoms with Crippen LogP contribution in [0, 0.1) is 13.8 Å². The zero-order valence-corrected chi connectivity index (χ0v) is 10.2. The zero-order chi connectivity index (χ0) is 12.3. The third-order valence-electron chi connectivity index (χ3n) is 2.80. The lowest BCUT2D eigenvalue weighted by Gasteiger charge is -2.12. The van der Waals surface area contributed by atoms with E-state index in [1.807, 2.05) is 12.1 Å². The van der Waals surface area contributed by atoms with Crippen molar-refractivity contribution in [3.05, 3.63) is 65.0 Å². The molecule has 0 saturated heterocycles. The normalized spacial score (nSPS) is 12.4. The second-order valence-electron chi connectivity index (χ2n) is 4.50. The maximum absolute atomic E-state index is 10.1. The van der Waals surface area contributed by atoms with E-state index in [1.54, 1.807) is 12.4 Å². The second-order valence-corrected chi connectivity index (χ2v) is 4.50. The second kappa shape index (κ2) is 5.11. The first-order valence-corrected chi connectivity index (χ1v) is 5.80. The molecular formula is C15H17NO. The summed E-state index contributed by atoms with van der Waals surface area (Å²) in [6.45, 7) is 4.16. The van der Waals surface area contributed by atoms with E-state index in [2.05, 4.69) is 37.0 Å². The zero-order valence-electron chi connectivity index (χ0n) is 10.2. The quantitative estimate of drug-likeness (QED) is 0.874. The first-order chi connectivity index (χ1) is 8.15. The van der Waals surface area contributed by atoms with Gasteiger partial charge in [-0.15, -0.1) is 0 Å². The lowest BCUT2D eigenvalue weighted by atomic mass is 9.99. The molecule has 17 heavy (non-hydrogen) atoms. The van der Waals surface area contributed by atoms with Gasteiger partial charge in [0.25, 0.3) is 0 Å². The van der Waals surface area contributed by atoms with Crippen molar-refractivity contribution >= 4 is 0 Å². The molecule has 0 aliphatic rings. The Kier molecular flexibility index (Phi) is 3.55. The van der Waals surface area contributed by atoms with Gasteiger partial charge in [-0.3, -0.25) is 4.98 Å². The number of nitrogens with zero attached hydrogens (tertiary/aromatic N) is 1. The fourth-order valence-corrected chi connectivity index (χ4v) is 2.11. The van der Waals surface area contributed by atoms with Crippen LogP contribution >= 0.6 is 0 Å². The summed E-state index contributed by atoms with van der Waals surface area (Å²) in [5, 5.41) is 10.1. The van der Waals surface area contributed by atoms with Crippen LogP contribution in [0.2, 0.25) is 0 Å². The van der Waals surface area contributed by atoms with Crippen molar-refractivity contribution in [3.63, 3.8) is 0 Å². The number of benzene rings is 1. The van der Waals surface area contributed by atoms with E-state index in [9.17, 15) is 5.11 Å². The molecule has 0 saturated carbocycles. The minimum Gasteiger partial charge on any atom is -0.388 e. The van der Waals surface area contributed by atoms with Gasteiger partial charge in [-0.1, -0.05) is 29.3 Å². The molecule has 88 valence electrons. The summed E-state index contributed by atoms with van der Waals surface area (Å²) in [7, 11) is 0. The highest BCUT2D eigenvalue weighted by Gasteiger charge is 2.08. The molecule has 0 amide bonds. The SMILES string of the molecule is Cc1cc(C)cc(CC(O)c2ccncc2)c1. The Labute approximate surface area is 102 Å². The number of aliphatic hydroxyl groups excluding tert-OH is 1. The summed E-state index contributed by atoms with van der Waals surface area (Å²) in [5.41, 5.74) is 4.56. The molecule has 2 rings (SSSR count). The molecule has 0 spiro atoms. The fourth-order valence-electron chi connectivity index (χ4n) is 2.11. The Morgan fingerprint density at radius 3 is 2.24 bits per heavy atom. The first-order valence-electron chi connectivity index (χ1n) is 5.80. The Bertz CT molecular complexity index is 473. The van der Waals surface area contributed by atoms with E-state index in [0.29, 0.717) is 6.42 Å². The molecule has 0 radical (unpaired) electrons. The van der Waals surface area contributed by atoms with Gasteiger partial charge in [-0.25, -0.2) is 0 Å². The molecule has 0 bridgehead atoms. The van der Waals surface area contributed by atoms with Crippen molar-refractivity contribution < 1.29 is 5.11 Å². The topological polar surface area (TPSA) is 33.1 Å². The predicted molar refractivity (Wildman–Crippen MR) is 68.8 cm³/mol. The van der Waals surface area contributed by atoms with E-state index >= 15 is 0 Å². The minimum absolute atomic E-state index is 0.459. The van der Waals surface area contributed by atoms with E-state index in [1.165, 1.54) is 16.7 Å². The summed E-state index contributed by atoms with van der Waals surface area (Å²) >= 11 is 0. The van der Waals surface area contributed by atoms with Crippen molar-refractivity contribution in [2.24, 2.45) is 0 Å². The first kappa shape index (κ1) is 11.8. The molecule has 1 heterocycles. The number of pyridine rings is 1. The molecule has 1 atom stereocenters. The maximum Gasteiger partial charge on any atom is 0.0831 e. The van der Waals surface area contributed by atoms with E-state index < -0.39 is 6.10 Å². The molecule has 1 N–H and O–H groups in total. The van der Waals surface area contributed by atoms with Crippen LogP contribution in [0.25, 0.3) is 0 Å². The van der Waals surface area contributed by atoms with Gasteiger partial charge >= 0.3 is 0 Å². The van der Waals surface area contributed by atoms with Crippen molar-refractivity contribution in [2.45, 2.75) is 26.4 Å². The molecule has 2 aromatic rings. The summed E-state index contributed by atoms with van der Waals surface area (Å²) in [4.78, 5) is 3.95. The van der Waals surface area contributed by atoms with Crippen molar-refractivity contribution in [3.8, 4) is 0 Å². The Hall–Kier alpha value is -1.67. The van der Waals surface area contributed by atoms with E-state index in [4.69, 9.17) is 0 Å². The highest BCUT2D eigenvalue weighted by molar-refractivity contribution is 5.30. The summed E-state index contributed by atoms with van der Waals surface area (Å²) in [5.74, 6) is 0. The predicted octanol–water partition coefficient (Wildman–Crippen LogP) is 2.97. The Morgan fingerprint density at radius 1 is 1.06 bits per heavy atom. The molecule has 0 aliphatic heterocycles. The number of aliphatic hydroxyl groups is 1. The fraction of sp³-hybridized carbons (Fsp3) is 0.267. The summed E-state index contributed by atoms with van der Waals surface area (Å²) in [6.07, 6.45) is 3.60. The molecule has 1 aromatic heterocycles. The van der Waals surface area contributed by atoms with Gasteiger partial charge in [0.1, 0.15) is 0 Å². The highest BCUT2D eigenvalue weighted by Crippen LogP contribution is 2.19. The largest absolute Gasteiger partial charge is 0.388 e. The molecular weight excluding hydrogens is 210 g/mol. The van der Waals surface area contributed by atoms with E-state index in [-0.39, 0.29) is 0 Å². The van der Waals surface area contributed by atoms with E-state index in [0.717, 1.165) is 5.56 Å². The molecule has 2 nitrogen and oxygen atoms in total. The molecule has 0 fully saturated rings. The number of aromatic nitrogens is 1. The summed E-state index contributed by atoms with van der Waals surface area (Å²) in [6, 6.07) is 10.1. The lowest BCUT2D eigenvalue weighted by molar-refractivity contribution is 0.178. The smallest absolute Gasteiger partial charge is 0.0831 e. The van der Waals surface area contributed by atoms with Crippen LogP contribution in [0.4, 0.5) is 0 Å². The summed E-state index contributed by atoms with van der Waals surface area (Å²) < 4.78 is 0. The highest BCUT2D eigenvalue weighted by atomic mass is 16.3. The van der Waals surface area contributed by atoms with Crippen LogP contribution in [0.5, 0.6) is 0 Å². The van der Waals surface area contributed by atoms with Crippen molar-refractivity contribution in [1.82, 2.24) is 4.98 Å². The minimum atomic E-state index is -0.459. The van der Waals surface area contributed by atoms with Gasteiger partial charge in [-0.05, 0) is 37.1 Å². The number of rotatable bonds is 3. The average Bonchev–Trinajstić information content (AvgIpc) is 2.28. The molecule has 1 aromatic carbocycles. The van der Waals surface area contributed by atoms with Gasteiger partial charge in [-0.2, -0.15) is 0 Å². The third-order valence-corrected chi connectivity index (χ3v) is 2.80. The molecule has 0 aliphatic carbocycles. The van der Waals surface area contributed by atoms with Crippen LogP contribution in [-0.4, -0.2) is 10.1 Å². The number of hydrogen-bond donors (Lipinski definition) is 1. The molecule has 2 heteroatoms. The van der Waals surface area contributed by atoms with Gasteiger partial charge in [0, 0.05) is 18.8 Å². The Morgan fingerprint density at radius 2 is 1.65 bits per heavy atom. The van der Waals surface area contributed by atoms with Gasteiger partial charge in [0.15, 0.2) is 0 Å². The standard InChI is InChI=1S/C15H17NO/c1-11-7-12(2)9-13(8-11)10-15(17)14-3-5-16-6-4-14/h3-9,15,17H,10H2,1-2H3. The van der Waals surface area contributed by atoms with Crippen LogP contribution in [0.1, 0.15) is 28.4 Å². The van der Waals surface area contributed by atoms with Gasteiger partial charge in [0.05, 0.1) is 6.10 Å². The third kappa shape index (κ3) is 3.14. The average molecular weight is 227 g/mol. The molecule has 1 unspecified atom stereocenters. The van der Waals surface area contributed by atoms with Gasteiger partial charge in [0.2, 0.25) is 0 Å². The van der Waals surface area contributed by atoms with Crippen molar-refractivity contribution in [1.29, 1.82) is 0 Å². The number of aryl methyl sites for hydroxylation is 2. The van der Waals surface area contributed by atoms with Crippen LogP contribution in [0.3, 0.4) is 0 Å². The Balaban J connectivity index is 2.16.